The average Bonchev–Trinajstić information content (AvgIpc) is 2.49. The number of carbonyl (C=O) groups is 1. The number of nitrogens with zero attached hydrogens (tertiary/aromatic N) is 4. The molecule has 0 saturated carbocycles. The highest BCUT2D eigenvalue weighted by molar-refractivity contribution is 7.90. The second kappa shape index (κ2) is 6.81. The van der Waals surface area contributed by atoms with Crippen LogP contribution in [0.4, 0.5) is 0 Å². The Morgan fingerprint density at radius 1 is 1.39 bits per heavy atom. The molecule has 1 amide bonds. The predicted octanol–water partition coefficient (Wildman–Crippen LogP) is 0.740. The van der Waals surface area contributed by atoms with Crippen LogP contribution in [0, 0.1) is 0 Å². The minimum atomic E-state index is -1.26. The van der Waals surface area contributed by atoms with Crippen LogP contribution in [0.15, 0.2) is 17.5 Å². The lowest BCUT2D eigenvalue weighted by molar-refractivity contribution is -0.134. The molecule has 8 nitrogen and oxygen atoms in total. The molecule has 0 radical (unpaired) electrons. The summed E-state index contributed by atoms with van der Waals surface area (Å²) in [5.41, 5.74) is 0.990. The Kier molecular flexibility index (Phi) is 5.23. The number of hydrazone groups is 1. The van der Waals surface area contributed by atoms with Gasteiger partial charge in [0.15, 0.2) is 6.61 Å². The van der Waals surface area contributed by atoms with Crippen molar-refractivity contribution in [3.63, 3.8) is 0 Å². The molecular weight excluding hydrogens is 318 g/mol. The lowest BCUT2D eigenvalue weighted by Crippen LogP contribution is -2.41. The van der Waals surface area contributed by atoms with E-state index < -0.39 is 16.1 Å². The number of ether oxygens (including phenoxy) is 1. The first-order valence-electron chi connectivity index (χ1n) is 7.17. The van der Waals surface area contributed by atoms with E-state index in [0.717, 1.165) is 0 Å². The molecule has 23 heavy (non-hydrogen) atoms. The Hall–Kier alpha value is -1.71. The van der Waals surface area contributed by atoms with Crippen molar-refractivity contribution in [1.82, 2.24) is 19.7 Å². The van der Waals surface area contributed by atoms with Crippen LogP contribution in [-0.4, -0.2) is 49.7 Å². The molecule has 1 aromatic heterocycles. The van der Waals surface area contributed by atoms with Gasteiger partial charge in [-0.1, -0.05) is 0 Å². The summed E-state index contributed by atoms with van der Waals surface area (Å²) < 4.78 is 20.2. The van der Waals surface area contributed by atoms with E-state index in [4.69, 9.17) is 4.74 Å². The Morgan fingerprint density at radius 3 is 2.65 bits per heavy atom. The van der Waals surface area contributed by atoms with E-state index in [9.17, 15) is 9.35 Å². The number of amides is 1. The monoisotopic (exact) mass is 339 g/mol. The van der Waals surface area contributed by atoms with Crippen LogP contribution in [0.25, 0.3) is 0 Å². The Morgan fingerprint density at radius 2 is 2.04 bits per heavy atom. The molecule has 0 spiro atoms. The van der Waals surface area contributed by atoms with Crippen LogP contribution in [0.1, 0.15) is 45.1 Å². The first-order chi connectivity index (χ1) is 10.7. The number of aromatic nitrogens is 2. The lowest BCUT2D eigenvalue weighted by Gasteiger charge is -2.27. The summed E-state index contributed by atoms with van der Waals surface area (Å²) in [5, 5.41) is 5.29. The molecule has 2 heterocycles. The number of hydrogen-bond acceptors (Lipinski definition) is 7. The van der Waals surface area contributed by atoms with Gasteiger partial charge in [-0.25, -0.2) is 9.99 Å². The van der Waals surface area contributed by atoms with Crippen molar-refractivity contribution in [2.45, 2.75) is 38.5 Å². The maximum Gasteiger partial charge on any atom is 0.280 e. The fraction of sp³-hybridized carbons (Fsp3) is 0.571. The third-order valence-corrected chi connectivity index (χ3v) is 4.79. The molecule has 0 bridgehead atoms. The molecule has 0 aromatic carbocycles. The van der Waals surface area contributed by atoms with Gasteiger partial charge in [-0.05, 0) is 27.7 Å². The maximum absolute atomic E-state index is 12.3. The standard InChI is InChI=1S/C14H21N5O3S/c1-9(18-23(21)14(2,3)4)11-12(16-7-6-15-11)13-17-19(5)10(20)8-22-13/h6-7,9,18H,8H2,1-5H3/t9-,23?/m0/s1. The van der Waals surface area contributed by atoms with Gasteiger partial charge in [-0.3, -0.25) is 9.78 Å². The van der Waals surface area contributed by atoms with Gasteiger partial charge in [0.1, 0.15) is 10.4 Å². The van der Waals surface area contributed by atoms with E-state index in [0.29, 0.717) is 11.4 Å². The summed E-state index contributed by atoms with van der Waals surface area (Å²) in [7, 11) is 1.55. The molecule has 1 aromatic rings. The van der Waals surface area contributed by atoms with E-state index in [1.54, 1.807) is 13.2 Å². The first-order valence-corrected chi connectivity index (χ1v) is 8.32. The fourth-order valence-corrected chi connectivity index (χ4v) is 2.57. The van der Waals surface area contributed by atoms with Crippen LogP contribution in [-0.2, 0) is 20.9 Å². The summed E-state index contributed by atoms with van der Waals surface area (Å²) >= 11 is -1.26. The van der Waals surface area contributed by atoms with E-state index >= 15 is 0 Å². The van der Waals surface area contributed by atoms with Crippen molar-refractivity contribution < 1.29 is 14.1 Å². The minimum Gasteiger partial charge on any atom is -0.598 e. The predicted molar refractivity (Wildman–Crippen MR) is 86.7 cm³/mol. The van der Waals surface area contributed by atoms with Crippen LogP contribution < -0.4 is 4.72 Å². The van der Waals surface area contributed by atoms with Gasteiger partial charge in [0.25, 0.3) is 11.8 Å². The van der Waals surface area contributed by atoms with Crippen molar-refractivity contribution >= 4 is 23.2 Å². The molecule has 1 unspecified atom stereocenters. The SMILES string of the molecule is C[C@H](N[S+]([O-])C(C)(C)C)c1nccnc1C1=NN(C)C(=O)CO1. The molecule has 0 fully saturated rings. The molecule has 1 aliphatic heterocycles. The minimum absolute atomic E-state index is 0.0962. The van der Waals surface area contributed by atoms with E-state index in [1.807, 2.05) is 27.7 Å². The summed E-state index contributed by atoms with van der Waals surface area (Å²) in [4.78, 5) is 20.0. The average molecular weight is 339 g/mol. The first kappa shape index (κ1) is 17.6. The second-order valence-corrected chi connectivity index (χ2v) is 8.12. The van der Waals surface area contributed by atoms with Gasteiger partial charge in [-0.15, -0.1) is 9.82 Å². The van der Waals surface area contributed by atoms with Crippen molar-refractivity contribution in [1.29, 1.82) is 0 Å². The maximum atomic E-state index is 12.3. The fourth-order valence-electron chi connectivity index (χ4n) is 1.78. The Balaban J connectivity index is 2.27. The highest BCUT2D eigenvalue weighted by Gasteiger charge is 2.31. The van der Waals surface area contributed by atoms with Crippen LogP contribution in [0.3, 0.4) is 0 Å². The zero-order chi connectivity index (χ0) is 17.2. The number of rotatable bonds is 4. The van der Waals surface area contributed by atoms with Crippen molar-refractivity contribution in [2.24, 2.45) is 5.10 Å². The summed E-state index contributed by atoms with van der Waals surface area (Å²) in [6.45, 7) is 7.40. The number of hydrogen-bond donors (Lipinski definition) is 1. The number of nitrogens with one attached hydrogen (secondary N) is 1. The smallest absolute Gasteiger partial charge is 0.280 e. The summed E-state index contributed by atoms with van der Waals surface area (Å²) in [5.74, 6) is -0.00964. The Bertz CT molecular complexity index is 617. The van der Waals surface area contributed by atoms with Gasteiger partial charge in [0.2, 0.25) is 0 Å². The van der Waals surface area contributed by atoms with Gasteiger partial charge < -0.3 is 9.29 Å². The van der Waals surface area contributed by atoms with Crippen molar-refractivity contribution in [3.05, 3.63) is 23.8 Å². The molecule has 1 N–H and O–H groups in total. The highest BCUT2D eigenvalue weighted by atomic mass is 32.2. The quantitative estimate of drug-likeness (QED) is 0.812. The van der Waals surface area contributed by atoms with Gasteiger partial charge in [0.05, 0.1) is 11.7 Å². The van der Waals surface area contributed by atoms with Crippen LogP contribution >= 0.6 is 0 Å². The van der Waals surface area contributed by atoms with Gasteiger partial charge in [-0.2, -0.15) is 0 Å². The molecule has 1 aliphatic rings. The van der Waals surface area contributed by atoms with Crippen molar-refractivity contribution in [3.8, 4) is 0 Å². The van der Waals surface area contributed by atoms with E-state index in [-0.39, 0.29) is 24.5 Å². The van der Waals surface area contributed by atoms with E-state index in [2.05, 4.69) is 19.8 Å². The summed E-state index contributed by atoms with van der Waals surface area (Å²) in [6, 6.07) is -0.326. The molecule has 126 valence electrons. The molecule has 2 rings (SSSR count). The van der Waals surface area contributed by atoms with Crippen molar-refractivity contribution in [2.75, 3.05) is 13.7 Å². The summed E-state index contributed by atoms with van der Waals surface area (Å²) in [6.07, 6.45) is 3.07. The Labute approximate surface area is 138 Å². The lowest BCUT2D eigenvalue weighted by atomic mass is 10.2. The second-order valence-electron chi connectivity index (χ2n) is 6.12. The topological polar surface area (TPSA) is 103 Å². The highest BCUT2D eigenvalue weighted by Crippen LogP contribution is 2.21. The third kappa shape index (κ3) is 4.18. The van der Waals surface area contributed by atoms with Gasteiger partial charge in [0, 0.05) is 30.8 Å². The molecule has 2 atom stereocenters. The normalized spacial score (nSPS) is 18.3. The molecular formula is C14H21N5O3S. The van der Waals surface area contributed by atoms with Crippen LogP contribution in [0.5, 0.6) is 0 Å². The largest absolute Gasteiger partial charge is 0.598 e. The molecule has 0 saturated heterocycles. The molecule has 9 heteroatoms. The zero-order valence-electron chi connectivity index (χ0n) is 13.9. The number of carbonyl (C=O) groups excluding carboxylic acids is 1. The van der Waals surface area contributed by atoms with E-state index in [1.165, 1.54) is 11.2 Å². The zero-order valence-corrected chi connectivity index (χ0v) is 14.7. The number of likely N-dealkylation sites (N-methyl/N-ethyl adjacent to an activating group) is 1. The van der Waals surface area contributed by atoms with Crippen LogP contribution in [0.2, 0.25) is 0 Å². The van der Waals surface area contributed by atoms with Gasteiger partial charge >= 0.3 is 0 Å². The molecule has 0 aliphatic carbocycles. The third-order valence-electron chi connectivity index (χ3n) is 3.11.